The molecule has 1 aromatic carbocycles. The van der Waals surface area contributed by atoms with Gasteiger partial charge in [0.15, 0.2) is 6.04 Å². The second kappa shape index (κ2) is 9.17. The van der Waals surface area contributed by atoms with Crippen molar-refractivity contribution in [2.24, 2.45) is 0 Å². The third-order valence-corrected chi connectivity index (χ3v) is 7.40. The molecule has 35 heavy (non-hydrogen) atoms. The van der Waals surface area contributed by atoms with Gasteiger partial charge in [-0.1, -0.05) is 38.1 Å². The highest BCUT2D eigenvalue weighted by Gasteiger charge is 2.48. The van der Waals surface area contributed by atoms with Crippen molar-refractivity contribution in [1.29, 1.82) is 0 Å². The normalized spacial score (nSPS) is 22.0. The van der Waals surface area contributed by atoms with E-state index in [1.165, 1.54) is 35.2 Å². The molecule has 1 aromatic heterocycles. The molecule has 0 spiro atoms. The highest BCUT2D eigenvalue weighted by molar-refractivity contribution is 5.87. The van der Waals surface area contributed by atoms with Gasteiger partial charge in [-0.3, -0.25) is 14.6 Å². The fraction of sp³-hybridized carbons (Fsp3) is 0.500. The summed E-state index contributed by atoms with van der Waals surface area (Å²) in [4.78, 5) is 31.0. The molecule has 1 fully saturated rings. The Hall–Kier alpha value is -3.10. The van der Waals surface area contributed by atoms with E-state index in [-0.39, 0.29) is 23.1 Å². The number of amides is 2. The van der Waals surface area contributed by atoms with Crippen LogP contribution >= 0.6 is 0 Å². The lowest BCUT2D eigenvalue weighted by atomic mass is 9.83. The summed E-state index contributed by atoms with van der Waals surface area (Å²) in [5.41, 5.74) is 2.71. The van der Waals surface area contributed by atoms with E-state index in [0.29, 0.717) is 30.0 Å². The van der Waals surface area contributed by atoms with Gasteiger partial charge in [0.1, 0.15) is 6.04 Å². The lowest BCUT2D eigenvalue weighted by Crippen LogP contribution is -2.49. The van der Waals surface area contributed by atoms with Gasteiger partial charge in [0.2, 0.25) is 11.8 Å². The number of pyridine rings is 1. The van der Waals surface area contributed by atoms with E-state index < -0.39 is 24.2 Å². The molecular formula is C26H31F3N4O2. The summed E-state index contributed by atoms with van der Waals surface area (Å²) in [6, 6.07) is 8.09. The number of rotatable bonds is 5. The Morgan fingerprint density at radius 1 is 1.20 bits per heavy atom. The number of hydrogen-bond donors (Lipinski definition) is 1. The number of hydrogen-bond acceptors (Lipinski definition) is 4. The summed E-state index contributed by atoms with van der Waals surface area (Å²) in [5, 5.41) is 3.43. The Kier molecular flexibility index (Phi) is 6.55. The van der Waals surface area contributed by atoms with Gasteiger partial charge in [0, 0.05) is 32.0 Å². The van der Waals surface area contributed by atoms with Crippen LogP contribution in [0, 0.1) is 0 Å². The van der Waals surface area contributed by atoms with Crippen LogP contribution in [0.15, 0.2) is 42.6 Å². The van der Waals surface area contributed by atoms with Crippen LogP contribution in [0.1, 0.15) is 56.5 Å². The van der Waals surface area contributed by atoms with Crippen molar-refractivity contribution in [2.45, 2.75) is 69.8 Å². The van der Waals surface area contributed by atoms with Crippen molar-refractivity contribution in [1.82, 2.24) is 14.8 Å². The molecule has 9 heteroatoms. The Labute approximate surface area is 203 Å². The average Bonchev–Trinajstić information content (AvgIpc) is 3.37. The van der Waals surface area contributed by atoms with Crippen LogP contribution in [0.5, 0.6) is 0 Å². The van der Waals surface area contributed by atoms with E-state index in [4.69, 9.17) is 0 Å². The van der Waals surface area contributed by atoms with E-state index in [2.05, 4.69) is 36.3 Å². The fourth-order valence-corrected chi connectivity index (χ4v) is 5.42. The van der Waals surface area contributed by atoms with Gasteiger partial charge >= 0.3 is 6.18 Å². The fourth-order valence-electron chi connectivity index (χ4n) is 5.42. The molecule has 1 saturated heterocycles. The third kappa shape index (κ3) is 4.73. The maximum Gasteiger partial charge on any atom is 0.414 e. The van der Waals surface area contributed by atoms with Crippen molar-refractivity contribution in [3.05, 3.63) is 59.4 Å². The summed E-state index contributed by atoms with van der Waals surface area (Å²) in [5.74, 6) is -1.04. The Balaban J connectivity index is 1.53. The quantitative estimate of drug-likeness (QED) is 0.675. The van der Waals surface area contributed by atoms with Gasteiger partial charge in [-0.25, -0.2) is 0 Å². The number of aromatic nitrogens is 1. The molecule has 0 saturated carbocycles. The molecule has 0 radical (unpaired) electrons. The van der Waals surface area contributed by atoms with Crippen LogP contribution in [0.3, 0.4) is 0 Å². The van der Waals surface area contributed by atoms with Crippen LogP contribution in [-0.4, -0.2) is 58.5 Å². The Bertz CT molecular complexity index is 1100. The second-order valence-corrected chi connectivity index (χ2v) is 10.0. The monoisotopic (exact) mass is 488 g/mol. The molecular weight excluding hydrogens is 457 g/mol. The summed E-state index contributed by atoms with van der Waals surface area (Å²) >= 11 is 0. The number of benzene rings is 1. The number of fused-ring (bicyclic) bond motifs is 1. The standard InChI is InChI=1S/C26H31F3N4O2/c1-16(34)33-13-7-10-21(33)24(35)32(4)23(26(27,28)29)20-12-11-18(15-30-20)31-22-14-17-8-5-6-9-19(17)25(22,2)3/h5-6,8-9,11-12,15,21-23,31H,7,10,13-14H2,1-4H3/t21-,22+,23?/m1/s1. The van der Waals surface area contributed by atoms with E-state index in [9.17, 15) is 22.8 Å². The smallest absolute Gasteiger partial charge is 0.380 e. The molecule has 0 bridgehead atoms. The third-order valence-electron chi connectivity index (χ3n) is 7.40. The van der Waals surface area contributed by atoms with Crippen molar-refractivity contribution in [2.75, 3.05) is 18.9 Å². The minimum Gasteiger partial charge on any atom is -0.380 e. The topological polar surface area (TPSA) is 65.5 Å². The van der Waals surface area contributed by atoms with Crippen LogP contribution in [0.2, 0.25) is 0 Å². The molecule has 188 valence electrons. The largest absolute Gasteiger partial charge is 0.414 e. The highest BCUT2D eigenvalue weighted by Crippen LogP contribution is 2.41. The zero-order valence-electron chi connectivity index (χ0n) is 20.4. The molecule has 4 rings (SSSR count). The molecule has 2 heterocycles. The molecule has 1 aliphatic heterocycles. The second-order valence-electron chi connectivity index (χ2n) is 10.0. The Morgan fingerprint density at radius 2 is 1.91 bits per heavy atom. The number of nitrogens with one attached hydrogen (secondary N) is 1. The SMILES string of the molecule is CC(=O)N1CCC[C@@H]1C(=O)N(C)C(c1ccc(N[C@H]2Cc3ccccc3C2(C)C)cn1)C(F)(F)F. The van der Waals surface area contributed by atoms with Crippen LogP contribution in [0.4, 0.5) is 18.9 Å². The summed E-state index contributed by atoms with van der Waals surface area (Å²) in [6.45, 7) is 5.98. The van der Waals surface area contributed by atoms with E-state index in [1.807, 2.05) is 12.1 Å². The minimum atomic E-state index is -4.72. The number of nitrogens with zero attached hydrogens (tertiary/aromatic N) is 3. The van der Waals surface area contributed by atoms with Crippen LogP contribution in [-0.2, 0) is 21.4 Å². The number of carbonyl (C=O) groups excluding carboxylic acids is 2. The first-order valence-corrected chi connectivity index (χ1v) is 11.8. The zero-order chi connectivity index (χ0) is 25.5. The molecule has 6 nitrogen and oxygen atoms in total. The van der Waals surface area contributed by atoms with E-state index in [0.717, 1.165) is 13.5 Å². The van der Waals surface area contributed by atoms with Gasteiger partial charge in [-0.2, -0.15) is 13.2 Å². The number of likely N-dealkylation sites (tertiary alicyclic amines) is 1. The molecule has 2 aliphatic rings. The van der Waals surface area contributed by atoms with Crippen LogP contribution in [0.25, 0.3) is 0 Å². The first-order valence-electron chi connectivity index (χ1n) is 11.8. The zero-order valence-corrected chi connectivity index (χ0v) is 20.4. The van der Waals surface area contributed by atoms with E-state index in [1.54, 1.807) is 6.07 Å². The number of alkyl halides is 3. The minimum absolute atomic E-state index is 0.0649. The predicted octanol–water partition coefficient (Wildman–Crippen LogP) is 4.47. The lowest BCUT2D eigenvalue weighted by molar-refractivity contribution is -0.191. The number of likely N-dealkylation sites (N-methyl/N-ethyl adjacent to an activating group) is 1. The van der Waals surface area contributed by atoms with Gasteiger partial charge in [-0.15, -0.1) is 0 Å². The lowest BCUT2D eigenvalue weighted by Gasteiger charge is -2.34. The summed E-state index contributed by atoms with van der Waals surface area (Å²) < 4.78 is 42.3. The molecule has 2 aromatic rings. The molecule has 1 N–H and O–H groups in total. The van der Waals surface area contributed by atoms with Crippen molar-refractivity contribution in [3.8, 4) is 0 Å². The molecule has 2 amide bonds. The Morgan fingerprint density at radius 3 is 2.51 bits per heavy atom. The molecule has 3 atom stereocenters. The molecule has 1 aliphatic carbocycles. The van der Waals surface area contributed by atoms with Crippen molar-refractivity contribution < 1.29 is 22.8 Å². The van der Waals surface area contributed by atoms with Gasteiger partial charge in [0.05, 0.1) is 17.6 Å². The van der Waals surface area contributed by atoms with Gasteiger partial charge in [0.25, 0.3) is 0 Å². The molecule has 1 unspecified atom stereocenters. The maximum atomic E-state index is 14.1. The highest BCUT2D eigenvalue weighted by atomic mass is 19.4. The van der Waals surface area contributed by atoms with E-state index >= 15 is 0 Å². The van der Waals surface area contributed by atoms with Crippen molar-refractivity contribution >= 4 is 17.5 Å². The van der Waals surface area contributed by atoms with Crippen molar-refractivity contribution in [3.63, 3.8) is 0 Å². The number of carbonyl (C=O) groups is 2. The number of anilines is 1. The summed E-state index contributed by atoms with van der Waals surface area (Å²) in [6.07, 6.45) is -1.59. The first-order chi connectivity index (χ1) is 16.4. The predicted molar refractivity (Wildman–Crippen MR) is 127 cm³/mol. The van der Waals surface area contributed by atoms with Gasteiger partial charge < -0.3 is 15.1 Å². The first kappa shape index (κ1) is 25.0. The van der Waals surface area contributed by atoms with Crippen LogP contribution < -0.4 is 5.32 Å². The average molecular weight is 489 g/mol. The number of halogens is 3. The summed E-state index contributed by atoms with van der Waals surface area (Å²) in [7, 11) is 1.13. The van der Waals surface area contributed by atoms with Gasteiger partial charge in [-0.05, 0) is 42.5 Å². The maximum absolute atomic E-state index is 14.1.